The SMILES string of the molecule is NC(=S)c1ccc(Cl)cc1NC(=O)c1ccc(F)c(F)c1. The van der Waals surface area contributed by atoms with Crippen LogP contribution in [0.15, 0.2) is 36.4 Å². The number of nitrogens with one attached hydrogen (secondary N) is 1. The monoisotopic (exact) mass is 326 g/mol. The Hall–Kier alpha value is -2.05. The van der Waals surface area contributed by atoms with Gasteiger partial charge in [-0.15, -0.1) is 0 Å². The number of nitrogens with two attached hydrogens (primary N) is 1. The first kappa shape index (κ1) is 15.3. The summed E-state index contributed by atoms with van der Waals surface area (Å²) in [4.78, 5) is 12.1. The molecule has 0 bridgehead atoms. The highest BCUT2D eigenvalue weighted by molar-refractivity contribution is 7.80. The Labute approximate surface area is 129 Å². The molecule has 108 valence electrons. The van der Waals surface area contributed by atoms with Crippen LogP contribution in [0.3, 0.4) is 0 Å². The van der Waals surface area contributed by atoms with E-state index in [1.54, 1.807) is 12.1 Å². The van der Waals surface area contributed by atoms with Crippen LogP contribution in [0, 0.1) is 11.6 Å². The fourth-order valence-corrected chi connectivity index (χ4v) is 2.02. The second-order valence-corrected chi connectivity index (χ2v) is 5.01. The van der Waals surface area contributed by atoms with E-state index in [0.29, 0.717) is 16.3 Å². The lowest BCUT2D eigenvalue weighted by Crippen LogP contribution is -2.17. The van der Waals surface area contributed by atoms with Crippen LogP contribution < -0.4 is 11.1 Å². The van der Waals surface area contributed by atoms with E-state index >= 15 is 0 Å². The van der Waals surface area contributed by atoms with Gasteiger partial charge < -0.3 is 11.1 Å². The van der Waals surface area contributed by atoms with E-state index in [0.717, 1.165) is 12.1 Å². The molecule has 0 saturated carbocycles. The van der Waals surface area contributed by atoms with Crippen molar-refractivity contribution in [2.75, 3.05) is 5.32 Å². The van der Waals surface area contributed by atoms with Gasteiger partial charge in [0.1, 0.15) is 4.99 Å². The van der Waals surface area contributed by atoms with Gasteiger partial charge in [-0.2, -0.15) is 0 Å². The molecule has 3 N–H and O–H groups in total. The number of hydrogen-bond acceptors (Lipinski definition) is 2. The maximum Gasteiger partial charge on any atom is 0.255 e. The molecule has 0 aliphatic carbocycles. The average molecular weight is 327 g/mol. The molecule has 0 radical (unpaired) electrons. The summed E-state index contributed by atoms with van der Waals surface area (Å²) in [6.45, 7) is 0. The molecule has 0 heterocycles. The van der Waals surface area contributed by atoms with Gasteiger partial charge in [-0.1, -0.05) is 23.8 Å². The second-order valence-electron chi connectivity index (χ2n) is 4.14. The Balaban J connectivity index is 2.33. The van der Waals surface area contributed by atoms with Crippen LogP contribution in [0.4, 0.5) is 14.5 Å². The zero-order chi connectivity index (χ0) is 15.6. The quantitative estimate of drug-likeness (QED) is 0.849. The Morgan fingerprint density at radius 3 is 2.48 bits per heavy atom. The van der Waals surface area contributed by atoms with Crippen molar-refractivity contribution in [3.63, 3.8) is 0 Å². The molecule has 21 heavy (non-hydrogen) atoms. The summed E-state index contributed by atoms with van der Waals surface area (Å²) < 4.78 is 26.0. The fourth-order valence-electron chi connectivity index (χ4n) is 1.67. The lowest BCUT2D eigenvalue weighted by molar-refractivity contribution is 0.102. The fraction of sp³-hybridized carbons (Fsp3) is 0. The van der Waals surface area contributed by atoms with E-state index in [1.165, 1.54) is 12.1 Å². The molecule has 1 amide bonds. The third kappa shape index (κ3) is 3.53. The van der Waals surface area contributed by atoms with E-state index in [-0.39, 0.29) is 10.6 Å². The van der Waals surface area contributed by atoms with Gasteiger partial charge in [0, 0.05) is 16.1 Å². The Bertz CT molecular complexity index is 737. The number of hydrogen-bond donors (Lipinski definition) is 2. The predicted molar refractivity (Wildman–Crippen MR) is 81.7 cm³/mol. The molecule has 0 spiro atoms. The standard InChI is InChI=1S/C14H9ClF2N2OS/c15-8-2-3-9(13(18)21)12(6-8)19-14(20)7-1-4-10(16)11(17)5-7/h1-6H,(H2,18,21)(H,19,20). The van der Waals surface area contributed by atoms with Gasteiger partial charge in [0.2, 0.25) is 0 Å². The number of thiocarbonyl (C=S) groups is 1. The minimum absolute atomic E-state index is 0.0391. The molecule has 7 heteroatoms. The van der Waals surface area contributed by atoms with Gasteiger partial charge in [0.25, 0.3) is 5.91 Å². The highest BCUT2D eigenvalue weighted by Crippen LogP contribution is 2.22. The summed E-state index contributed by atoms with van der Waals surface area (Å²) in [5.74, 6) is -2.77. The summed E-state index contributed by atoms with van der Waals surface area (Å²) in [5, 5.41) is 2.89. The molecule has 0 aliphatic heterocycles. The summed E-state index contributed by atoms with van der Waals surface area (Å²) in [5.41, 5.74) is 6.23. The molecular formula is C14H9ClF2N2OS. The van der Waals surface area contributed by atoms with Crippen LogP contribution in [0.5, 0.6) is 0 Å². The maximum atomic E-state index is 13.1. The number of anilines is 1. The Morgan fingerprint density at radius 2 is 1.86 bits per heavy atom. The van der Waals surface area contributed by atoms with Crippen molar-refractivity contribution in [3.8, 4) is 0 Å². The van der Waals surface area contributed by atoms with Crippen LogP contribution in [0.1, 0.15) is 15.9 Å². The van der Waals surface area contributed by atoms with E-state index in [2.05, 4.69) is 5.32 Å². The normalized spacial score (nSPS) is 10.2. The smallest absolute Gasteiger partial charge is 0.255 e. The lowest BCUT2D eigenvalue weighted by Gasteiger charge is -2.11. The van der Waals surface area contributed by atoms with Gasteiger partial charge in [-0.3, -0.25) is 4.79 Å². The van der Waals surface area contributed by atoms with Crippen molar-refractivity contribution in [3.05, 3.63) is 64.2 Å². The first-order valence-corrected chi connectivity index (χ1v) is 6.53. The Morgan fingerprint density at radius 1 is 1.14 bits per heavy atom. The van der Waals surface area contributed by atoms with Crippen LogP contribution in [0.2, 0.25) is 5.02 Å². The van der Waals surface area contributed by atoms with E-state index in [9.17, 15) is 13.6 Å². The summed E-state index contributed by atoms with van der Waals surface area (Å²) in [6.07, 6.45) is 0. The predicted octanol–water partition coefficient (Wildman–Crippen LogP) is 3.50. The minimum Gasteiger partial charge on any atom is -0.389 e. The largest absolute Gasteiger partial charge is 0.389 e. The van der Waals surface area contributed by atoms with Crippen LogP contribution >= 0.6 is 23.8 Å². The van der Waals surface area contributed by atoms with Crippen molar-refractivity contribution < 1.29 is 13.6 Å². The number of carbonyl (C=O) groups is 1. The third-order valence-electron chi connectivity index (χ3n) is 2.68. The van der Waals surface area contributed by atoms with Gasteiger partial charge in [-0.25, -0.2) is 8.78 Å². The number of carbonyl (C=O) groups excluding carboxylic acids is 1. The van der Waals surface area contributed by atoms with E-state index in [4.69, 9.17) is 29.6 Å². The van der Waals surface area contributed by atoms with Gasteiger partial charge in [-0.05, 0) is 36.4 Å². The number of amides is 1. The zero-order valence-electron chi connectivity index (χ0n) is 10.5. The first-order valence-electron chi connectivity index (χ1n) is 5.74. The lowest BCUT2D eigenvalue weighted by atomic mass is 10.1. The molecule has 3 nitrogen and oxygen atoms in total. The third-order valence-corrected chi connectivity index (χ3v) is 3.13. The first-order chi connectivity index (χ1) is 9.88. The molecule has 0 aromatic heterocycles. The summed E-state index contributed by atoms with van der Waals surface area (Å²) in [6, 6.07) is 7.44. The maximum absolute atomic E-state index is 13.1. The summed E-state index contributed by atoms with van der Waals surface area (Å²) >= 11 is 10.7. The number of benzene rings is 2. The van der Waals surface area contributed by atoms with Crippen molar-refractivity contribution in [2.45, 2.75) is 0 Å². The van der Waals surface area contributed by atoms with Crippen molar-refractivity contribution >= 4 is 40.4 Å². The molecule has 0 saturated heterocycles. The van der Waals surface area contributed by atoms with E-state index < -0.39 is 17.5 Å². The zero-order valence-corrected chi connectivity index (χ0v) is 12.1. The second kappa shape index (κ2) is 6.15. The highest BCUT2D eigenvalue weighted by atomic mass is 35.5. The van der Waals surface area contributed by atoms with E-state index in [1.807, 2.05) is 0 Å². The molecular weight excluding hydrogens is 318 g/mol. The average Bonchev–Trinajstić information content (AvgIpc) is 2.41. The topological polar surface area (TPSA) is 55.1 Å². The Kier molecular flexibility index (Phi) is 4.50. The molecule has 0 atom stereocenters. The number of rotatable bonds is 3. The van der Waals surface area contributed by atoms with Crippen molar-refractivity contribution in [1.29, 1.82) is 0 Å². The van der Waals surface area contributed by atoms with Crippen LogP contribution in [0.25, 0.3) is 0 Å². The molecule has 2 aromatic rings. The number of halogens is 3. The van der Waals surface area contributed by atoms with Gasteiger partial charge in [0.05, 0.1) is 5.69 Å². The molecule has 2 rings (SSSR count). The highest BCUT2D eigenvalue weighted by Gasteiger charge is 2.13. The van der Waals surface area contributed by atoms with Gasteiger partial charge in [0.15, 0.2) is 11.6 Å². The van der Waals surface area contributed by atoms with Crippen LogP contribution in [-0.4, -0.2) is 10.9 Å². The molecule has 0 aliphatic rings. The summed E-state index contributed by atoms with van der Waals surface area (Å²) in [7, 11) is 0. The van der Waals surface area contributed by atoms with Crippen LogP contribution in [-0.2, 0) is 0 Å². The van der Waals surface area contributed by atoms with Crippen molar-refractivity contribution in [1.82, 2.24) is 0 Å². The minimum atomic E-state index is -1.11. The molecule has 2 aromatic carbocycles. The molecule has 0 unspecified atom stereocenters. The van der Waals surface area contributed by atoms with Crippen molar-refractivity contribution in [2.24, 2.45) is 5.73 Å². The van der Waals surface area contributed by atoms with Gasteiger partial charge >= 0.3 is 0 Å². The molecule has 0 fully saturated rings.